The molecule has 3 rings (SSSR count). The highest BCUT2D eigenvalue weighted by atomic mass is 16.6. The summed E-state index contributed by atoms with van der Waals surface area (Å²) in [6.45, 7) is 3.39. The van der Waals surface area contributed by atoms with E-state index in [1.54, 1.807) is 13.0 Å². The van der Waals surface area contributed by atoms with Gasteiger partial charge in [0.15, 0.2) is 11.5 Å². The van der Waals surface area contributed by atoms with Crippen molar-refractivity contribution < 1.29 is 14.4 Å². The third kappa shape index (κ3) is 3.33. The fraction of sp³-hybridized carbons (Fsp3) is 0.312. The van der Waals surface area contributed by atoms with E-state index in [1.165, 1.54) is 6.07 Å². The maximum atomic E-state index is 10.8. The molecule has 0 atom stereocenters. The monoisotopic (exact) mass is 315 g/mol. The first-order chi connectivity index (χ1) is 11.1. The number of nitro groups is 1. The van der Waals surface area contributed by atoms with Crippen molar-refractivity contribution in [3.63, 3.8) is 0 Å². The summed E-state index contributed by atoms with van der Waals surface area (Å²) >= 11 is 0. The molecule has 0 amide bonds. The number of pyridine rings is 1. The number of aromatic nitrogens is 1. The van der Waals surface area contributed by atoms with Crippen molar-refractivity contribution in [2.24, 2.45) is 0 Å². The van der Waals surface area contributed by atoms with Crippen LogP contribution in [0.25, 0.3) is 0 Å². The summed E-state index contributed by atoms with van der Waals surface area (Å²) in [5, 5.41) is 14.0. The van der Waals surface area contributed by atoms with E-state index in [2.05, 4.69) is 10.3 Å². The SMILES string of the molecule is Cc1nc(NCc2cccc3c2OCCCO3)ccc1[N+](=O)[O-]. The Morgan fingerprint density at radius 3 is 2.87 bits per heavy atom. The number of nitrogens with zero attached hydrogens (tertiary/aromatic N) is 2. The fourth-order valence-corrected chi connectivity index (χ4v) is 2.42. The average Bonchev–Trinajstić information content (AvgIpc) is 2.78. The van der Waals surface area contributed by atoms with E-state index in [0.717, 1.165) is 23.5 Å². The Morgan fingerprint density at radius 1 is 1.26 bits per heavy atom. The third-order valence-electron chi connectivity index (χ3n) is 3.57. The van der Waals surface area contributed by atoms with Gasteiger partial charge < -0.3 is 14.8 Å². The Labute approximate surface area is 133 Å². The highest BCUT2D eigenvalue weighted by Gasteiger charge is 2.15. The van der Waals surface area contributed by atoms with Gasteiger partial charge in [0.1, 0.15) is 11.5 Å². The van der Waals surface area contributed by atoms with E-state index < -0.39 is 4.92 Å². The van der Waals surface area contributed by atoms with E-state index in [-0.39, 0.29) is 5.69 Å². The molecule has 7 nitrogen and oxygen atoms in total. The summed E-state index contributed by atoms with van der Waals surface area (Å²) in [7, 11) is 0. The molecule has 0 saturated heterocycles. The Balaban J connectivity index is 1.76. The van der Waals surface area contributed by atoms with Crippen LogP contribution in [-0.4, -0.2) is 23.1 Å². The second-order valence-electron chi connectivity index (χ2n) is 5.21. The third-order valence-corrected chi connectivity index (χ3v) is 3.57. The topological polar surface area (TPSA) is 86.5 Å². The van der Waals surface area contributed by atoms with Gasteiger partial charge in [-0.3, -0.25) is 10.1 Å². The maximum Gasteiger partial charge on any atom is 0.290 e. The van der Waals surface area contributed by atoms with E-state index in [0.29, 0.717) is 31.3 Å². The Bertz CT molecular complexity index is 733. The van der Waals surface area contributed by atoms with E-state index in [4.69, 9.17) is 9.47 Å². The fourth-order valence-electron chi connectivity index (χ4n) is 2.42. The van der Waals surface area contributed by atoms with Crippen LogP contribution in [0.5, 0.6) is 11.5 Å². The molecule has 1 aromatic carbocycles. The van der Waals surface area contributed by atoms with Crippen molar-refractivity contribution in [3.8, 4) is 11.5 Å². The molecule has 0 aliphatic carbocycles. The van der Waals surface area contributed by atoms with Crippen molar-refractivity contribution >= 4 is 11.5 Å². The molecule has 1 aliphatic rings. The lowest BCUT2D eigenvalue weighted by atomic mass is 10.2. The van der Waals surface area contributed by atoms with E-state index >= 15 is 0 Å². The van der Waals surface area contributed by atoms with E-state index in [1.807, 2.05) is 18.2 Å². The molecule has 0 radical (unpaired) electrons. The van der Waals surface area contributed by atoms with Crippen LogP contribution in [0, 0.1) is 17.0 Å². The molecule has 0 spiro atoms. The number of fused-ring (bicyclic) bond motifs is 1. The zero-order chi connectivity index (χ0) is 16.2. The van der Waals surface area contributed by atoms with Crippen LogP contribution < -0.4 is 14.8 Å². The zero-order valence-corrected chi connectivity index (χ0v) is 12.7. The number of aryl methyl sites for hydroxylation is 1. The number of ether oxygens (including phenoxy) is 2. The largest absolute Gasteiger partial charge is 0.490 e. The molecular weight excluding hydrogens is 298 g/mol. The molecule has 0 saturated carbocycles. The number of nitrogens with one attached hydrogen (secondary N) is 1. The van der Waals surface area contributed by atoms with Gasteiger partial charge in [-0.05, 0) is 19.1 Å². The summed E-state index contributed by atoms with van der Waals surface area (Å²) in [4.78, 5) is 14.6. The van der Waals surface area contributed by atoms with Gasteiger partial charge >= 0.3 is 0 Å². The summed E-state index contributed by atoms with van der Waals surface area (Å²) in [5.41, 5.74) is 1.36. The van der Waals surface area contributed by atoms with Gasteiger partial charge in [-0.1, -0.05) is 12.1 Å². The summed E-state index contributed by atoms with van der Waals surface area (Å²) in [5.74, 6) is 2.08. The molecule has 2 aromatic rings. The molecule has 1 aliphatic heterocycles. The Hall–Kier alpha value is -2.83. The highest BCUT2D eigenvalue weighted by Crippen LogP contribution is 2.33. The Morgan fingerprint density at radius 2 is 2.09 bits per heavy atom. The summed E-state index contributed by atoms with van der Waals surface area (Å²) in [6, 6.07) is 8.82. The minimum Gasteiger partial charge on any atom is -0.490 e. The average molecular weight is 315 g/mol. The maximum absolute atomic E-state index is 10.8. The molecule has 120 valence electrons. The molecule has 23 heavy (non-hydrogen) atoms. The molecule has 1 N–H and O–H groups in total. The molecule has 0 bridgehead atoms. The molecule has 7 heteroatoms. The molecule has 1 aromatic heterocycles. The second-order valence-corrected chi connectivity index (χ2v) is 5.21. The van der Waals surface area contributed by atoms with Crippen LogP contribution in [-0.2, 0) is 6.54 Å². The van der Waals surface area contributed by atoms with Crippen molar-refractivity contribution in [1.82, 2.24) is 4.98 Å². The number of anilines is 1. The first-order valence-electron chi connectivity index (χ1n) is 7.38. The van der Waals surface area contributed by atoms with Crippen LogP contribution in [0.4, 0.5) is 11.5 Å². The lowest BCUT2D eigenvalue weighted by molar-refractivity contribution is -0.385. The standard InChI is InChI=1S/C16H17N3O4/c1-11-13(19(20)21)6-7-15(18-11)17-10-12-4-2-5-14-16(12)23-9-3-8-22-14/h2,4-7H,3,8-10H2,1H3,(H,17,18). The number of benzene rings is 1. The quantitative estimate of drug-likeness (QED) is 0.689. The normalized spacial score (nSPS) is 13.3. The van der Waals surface area contributed by atoms with Gasteiger partial charge in [-0.2, -0.15) is 0 Å². The molecule has 0 fully saturated rings. The lowest BCUT2D eigenvalue weighted by Gasteiger charge is -2.13. The second kappa shape index (κ2) is 6.51. The highest BCUT2D eigenvalue weighted by molar-refractivity contribution is 5.50. The molecule has 2 heterocycles. The predicted octanol–water partition coefficient (Wildman–Crippen LogP) is 3.07. The van der Waals surface area contributed by atoms with Crippen LogP contribution in [0.1, 0.15) is 17.7 Å². The Kier molecular flexibility index (Phi) is 4.27. The summed E-state index contributed by atoms with van der Waals surface area (Å²) in [6.07, 6.45) is 0.852. The van der Waals surface area contributed by atoms with Gasteiger partial charge in [0.25, 0.3) is 5.69 Å². The van der Waals surface area contributed by atoms with Crippen molar-refractivity contribution in [2.45, 2.75) is 19.9 Å². The number of hydrogen-bond acceptors (Lipinski definition) is 6. The first kappa shape index (κ1) is 15.1. The van der Waals surface area contributed by atoms with Gasteiger partial charge in [0.05, 0.1) is 18.1 Å². The number of hydrogen-bond donors (Lipinski definition) is 1. The van der Waals surface area contributed by atoms with Crippen molar-refractivity contribution in [2.75, 3.05) is 18.5 Å². The van der Waals surface area contributed by atoms with E-state index in [9.17, 15) is 10.1 Å². The minimum atomic E-state index is -0.436. The van der Waals surface area contributed by atoms with Gasteiger partial charge in [0, 0.05) is 24.6 Å². The zero-order valence-electron chi connectivity index (χ0n) is 12.7. The molecule has 0 unspecified atom stereocenters. The van der Waals surface area contributed by atoms with Gasteiger partial charge in [-0.25, -0.2) is 4.98 Å². The number of rotatable bonds is 4. The summed E-state index contributed by atoms with van der Waals surface area (Å²) < 4.78 is 11.4. The molecular formula is C16H17N3O4. The predicted molar refractivity (Wildman–Crippen MR) is 85.0 cm³/mol. The van der Waals surface area contributed by atoms with Crippen molar-refractivity contribution in [1.29, 1.82) is 0 Å². The number of para-hydroxylation sites is 1. The van der Waals surface area contributed by atoms with Crippen LogP contribution in [0.2, 0.25) is 0 Å². The van der Waals surface area contributed by atoms with Gasteiger partial charge in [0.2, 0.25) is 0 Å². The minimum absolute atomic E-state index is 0.0147. The van der Waals surface area contributed by atoms with Crippen LogP contribution in [0.3, 0.4) is 0 Å². The van der Waals surface area contributed by atoms with Crippen LogP contribution in [0.15, 0.2) is 30.3 Å². The lowest BCUT2D eigenvalue weighted by Crippen LogP contribution is -2.05. The smallest absolute Gasteiger partial charge is 0.290 e. The van der Waals surface area contributed by atoms with Gasteiger partial charge in [-0.15, -0.1) is 0 Å². The van der Waals surface area contributed by atoms with Crippen LogP contribution >= 0.6 is 0 Å². The van der Waals surface area contributed by atoms with Crippen molar-refractivity contribution in [3.05, 3.63) is 51.7 Å². The first-order valence-corrected chi connectivity index (χ1v) is 7.38.